The van der Waals surface area contributed by atoms with Gasteiger partial charge in [0, 0.05) is 5.92 Å². The van der Waals surface area contributed by atoms with Crippen molar-refractivity contribution in [2.24, 2.45) is 0 Å². The van der Waals surface area contributed by atoms with Crippen molar-refractivity contribution in [2.45, 2.75) is 32.3 Å². The van der Waals surface area contributed by atoms with Crippen LogP contribution in [-0.2, 0) is 0 Å². The molecule has 0 aliphatic carbocycles. The molecule has 1 N–H and O–H groups in total. The predicted molar refractivity (Wildman–Crippen MR) is 51.3 cm³/mol. The highest BCUT2D eigenvalue weighted by Gasteiger charge is 2.12. The molecule has 0 aliphatic heterocycles. The average molecular weight is 178 g/mol. The quantitative estimate of drug-likeness (QED) is 0.719. The number of hydrogen-bond donors (Lipinski definition) is 1. The van der Waals surface area contributed by atoms with E-state index in [2.05, 4.69) is 5.92 Å². The van der Waals surface area contributed by atoms with Crippen molar-refractivity contribution >= 4 is 0 Å². The SMILES string of the molecule is C#CC(O)CC(C)c1ccc(C)o1. The summed E-state index contributed by atoms with van der Waals surface area (Å²) in [5.74, 6) is 4.22. The molecule has 0 saturated heterocycles. The minimum absolute atomic E-state index is 0.166. The van der Waals surface area contributed by atoms with Crippen LogP contribution >= 0.6 is 0 Å². The summed E-state index contributed by atoms with van der Waals surface area (Å²) >= 11 is 0. The molecule has 0 amide bonds. The summed E-state index contributed by atoms with van der Waals surface area (Å²) in [6, 6.07) is 3.83. The molecule has 1 heterocycles. The number of aryl methyl sites for hydroxylation is 1. The lowest BCUT2D eigenvalue weighted by Crippen LogP contribution is -2.07. The Kier molecular flexibility index (Phi) is 3.16. The zero-order chi connectivity index (χ0) is 9.84. The zero-order valence-electron chi connectivity index (χ0n) is 7.95. The number of rotatable bonds is 3. The summed E-state index contributed by atoms with van der Waals surface area (Å²) in [5.41, 5.74) is 0. The maximum Gasteiger partial charge on any atom is 0.115 e. The number of aliphatic hydroxyl groups excluding tert-OH is 1. The highest BCUT2D eigenvalue weighted by Crippen LogP contribution is 2.22. The Morgan fingerprint density at radius 2 is 2.31 bits per heavy atom. The molecule has 70 valence electrons. The second kappa shape index (κ2) is 4.15. The van der Waals surface area contributed by atoms with Crippen molar-refractivity contribution in [3.05, 3.63) is 23.7 Å². The normalized spacial score (nSPS) is 14.9. The molecular weight excluding hydrogens is 164 g/mol. The van der Waals surface area contributed by atoms with E-state index < -0.39 is 6.10 Å². The van der Waals surface area contributed by atoms with Gasteiger partial charge in [0.1, 0.15) is 17.6 Å². The third-order valence-corrected chi connectivity index (χ3v) is 2.02. The maximum absolute atomic E-state index is 9.22. The summed E-state index contributed by atoms with van der Waals surface area (Å²) in [6.45, 7) is 3.88. The van der Waals surface area contributed by atoms with Gasteiger partial charge in [-0.1, -0.05) is 12.8 Å². The van der Waals surface area contributed by atoms with Crippen molar-refractivity contribution in [3.63, 3.8) is 0 Å². The van der Waals surface area contributed by atoms with Crippen LogP contribution in [0.1, 0.15) is 30.8 Å². The molecule has 0 radical (unpaired) electrons. The zero-order valence-corrected chi connectivity index (χ0v) is 7.95. The molecule has 0 aliphatic rings. The van der Waals surface area contributed by atoms with Crippen molar-refractivity contribution in [2.75, 3.05) is 0 Å². The Morgan fingerprint density at radius 3 is 2.77 bits per heavy atom. The smallest absolute Gasteiger partial charge is 0.115 e. The highest BCUT2D eigenvalue weighted by molar-refractivity contribution is 5.10. The third kappa shape index (κ3) is 2.64. The monoisotopic (exact) mass is 178 g/mol. The lowest BCUT2D eigenvalue weighted by atomic mass is 10.0. The average Bonchev–Trinajstić information content (AvgIpc) is 2.51. The van der Waals surface area contributed by atoms with Crippen molar-refractivity contribution < 1.29 is 9.52 Å². The molecule has 2 unspecified atom stereocenters. The van der Waals surface area contributed by atoms with E-state index in [4.69, 9.17) is 10.8 Å². The molecule has 0 bridgehead atoms. The first-order valence-electron chi connectivity index (χ1n) is 4.34. The lowest BCUT2D eigenvalue weighted by Gasteiger charge is -2.09. The van der Waals surface area contributed by atoms with Crippen molar-refractivity contribution in [1.82, 2.24) is 0 Å². The van der Waals surface area contributed by atoms with E-state index in [-0.39, 0.29) is 5.92 Å². The Hall–Kier alpha value is -1.20. The van der Waals surface area contributed by atoms with Crippen LogP contribution in [0.4, 0.5) is 0 Å². The molecule has 2 atom stereocenters. The van der Waals surface area contributed by atoms with Crippen LogP contribution in [0.2, 0.25) is 0 Å². The Bertz CT molecular complexity index is 306. The van der Waals surface area contributed by atoms with Gasteiger partial charge in [-0.15, -0.1) is 6.42 Å². The van der Waals surface area contributed by atoms with Gasteiger partial charge in [0.25, 0.3) is 0 Å². The van der Waals surface area contributed by atoms with Gasteiger partial charge in [0.15, 0.2) is 0 Å². The van der Waals surface area contributed by atoms with E-state index in [1.807, 2.05) is 26.0 Å². The topological polar surface area (TPSA) is 33.4 Å². The summed E-state index contributed by atoms with van der Waals surface area (Å²) in [6.07, 6.45) is 4.94. The fraction of sp³-hybridized carbons (Fsp3) is 0.455. The molecule has 13 heavy (non-hydrogen) atoms. The fourth-order valence-corrected chi connectivity index (χ4v) is 1.24. The number of hydrogen-bond acceptors (Lipinski definition) is 2. The van der Waals surface area contributed by atoms with E-state index in [0.29, 0.717) is 6.42 Å². The summed E-state index contributed by atoms with van der Waals surface area (Å²) < 4.78 is 5.41. The first-order chi connectivity index (χ1) is 6.13. The third-order valence-electron chi connectivity index (χ3n) is 2.02. The van der Waals surface area contributed by atoms with Crippen LogP contribution in [-0.4, -0.2) is 11.2 Å². The summed E-state index contributed by atoms with van der Waals surface area (Å²) in [5, 5.41) is 9.22. The van der Waals surface area contributed by atoms with E-state index in [1.54, 1.807) is 0 Å². The Labute approximate surface area is 78.6 Å². The Morgan fingerprint density at radius 1 is 1.62 bits per heavy atom. The number of aliphatic hydroxyl groups is 1. The van der Waals surface area contributed by atoms with Crippen LogP contribution < -0.4 is 0 Å². The first kappa shape index (κ1) is 9.88. The summed E-state index contributed by atoms with van der Waals surface area (Å²) in [4.78, 5) is 0. The molecule has 0 fully saturated rings. The van der Waals surface area contributed by atoms with Gasteiger partial charge in [0.05, 0.1) is 0 Å². The van der Waals surface area contributed by atoms with Crippen LogP contribution in [0.15, 0.2) is 16.5 Å². The van der Waals surface area contributed by atoms with Crippen LogP contribution in [0, 0.1) is 19.3 Å². The summed E-state index contributed by atoms with van der Waals surface area (Å²) in [7, 11) is 0. The predicted octanol–water partition coefficient (Wildman–Crippen LogP) is 2.08. The van der Waals surface area contributed by atoms with Crippen molar-refractivity contribution in [1.29, 1.82) is 0 Å². The molecule has 0 spiro atoms. The van der Waals surface area contributed by atoms with Gasteiger partial charge >= 0.3 is 0 Å². The van der Waals surface area contributed by atoms with Gasteiger partial charge in [-0.05, 0) is 25.5 Å². The molecule has 0 aromatic carbocycles. The first-order valence-corrected chi connectivity index (χ1v) is 4.34. The molecule has 2 nitrogen and oxygen atoms in total. The molecule has 1 rings (SSSR count). The van der Waals surface area contributed by atoms with E-state index in [1.165, 1.54) is 0 Å². The standard InChI is InChI=1S/C11H14O2/c1-4-10(12)7-8(2)11-6-5-9(3)13-11/h1,5-6,8,10,12H,7H2,2-3H3. The number of furan rings is 1. The molecule has 2 heteroatoms. The minimum atomic E-state index is -0.680. The van der Waals surface area contributed by atoms with Crippen LogP contribution in [0.5, 0.6) is 0 Å². The largest absolute Gasteiger partial charge is 0.466 e. The Balaban J connectivity index is 2.59. The van der Waals surface area contributed by atoms with E-state index in [9.17, 15) is 5.11 Å². The van der Waals surface area contributed by atoms with Gasteiger partial charge in [0.2, 0.25) is 0 Å². The number of terminal acetylenes is 1. The molecule has 1 aromatic heterocycles. The highest BCUT2D eigenvalue weighted by atomic mass is 16.3. The lowest BCUT2D eigenvalue weighted by molar-refractivity contribution is 0.208. The van der Waals surface area contributed by atoms with Gasteiger partial charge in [-0.3, -0.25) is 0 Å². The van der Waals surface area contributed by atoms with Gasteiger partial charge in [-0.2, -0.15) is 0 Å². The maximum atomic E-state index is 9.22. The van der Waals surface area contributed by atoms with Gasteiger partial charge in [-0.25, -0.2) is 0 Å². The van der Waals surface area contributed by atoms with E-state index >= 15 is 0 Å². The second-order valence-corrected chi connectivity index (χ2v) is 3.27. The molecule has 1 aromatic rings. The second-order valence-electron chi connectivity index (χ2n) is 3.27. The van der Waals surface area contributed by atoms with Crippen molar-refractivity contribution in [3.8, 4) is 12.3 Å². The van der Waals surface area contributed by atoms with E-state index in [0.717, 1.165) is 11.5 Å². The van der Waals surface area contributed by atoms with Crippen LogP contribution in [0.25, 0.3) is 0 Å². The molecular formula is C11H14O2. The van der Waals surface area contributed by atoms with Crippen LogP contribution in [0.3, 0.4) is 0 Å². The fourth-order valence-electron chi connectivity index (χ4n) is 1.24. The van der Waals surface area contributed by atoms with Gasteiger partial charge < -0.3 is 9.52 Å². The molecule has 0 saturated carbocycles. The minimum Gasteiger partial charge on any atom is -0.466 e.